The molecule has 1 N–H and O–H groups in total. The van der Waals surface area contributed by atoms with E-state index in [1.54, 1.807) is 6.20 Å². The van der Waals surface area contributed by atoms with Gasteiger partial charge in [0.1, 0.15) is 16.3 Å². The van der Waals surface area contributed by atoms with E-state index in [0.717, 1.165) is 33.7 Å². The molecule has 0 aliphatic rings. The molecule has 4 rings (SSSR count). The summed E-state index contributed by atoms with van der Waals surface area (Å²) in [6.07, 6.45) is 3.86. The lowest BCUT2D eigenvalue weighted by Crippen LogP contribution is -2.23. The van der Waals surface area contributed by atoms with E-state index in [2.05, 4.69) is 33.0 Å². The van der Waals surface area contributed by atoms with Crippen LogP contribution in [-0.4, -0.2) is 20.4 Å². The van der Waals surface area contributed by atoms with Crippen molar-refractivity contribution in [2.24, 2.45) is 0 Å². The molecule has 4 aromatic rings. The van der Waals surface area contributed by atoms with Gasteiger partial charge in [0.05, 0.1) is 0 Å². The number of fused-ring (bicyclic) bond motifs is 1. The zero-order chi connectivity index (χ0) is 18.8. The Kier molecular flexibility index (Phi) is 4.73. The van der Waals surface area contributed by atoms with Crippen molar-refractivity contribution < 1.29 is 4.79 Å². The molecule has 0 radical (unpaired) electrons. The highest BCUT2D eigenvalue weighted by molar-refractivity contribution is 7.13. The molecule has 0 atom stereocenters. The van der Waals surface area contributed by atoms with Gasteiger partial charge in [-0.1, -0.05) is 29.8 Å². The summed E-state index contributed by atoms with van der Waals surface area (Å²) in [7, 11) is 0. The van der Waals surface area contributed by atoms with Crippen molar-refractivity contribution in [3.63, 3.8) is 0 Å². The lowest BCUT2D eigenvalue weighted by molar-refractivity contribution is 0.0946. The summed E-state index contributed by atoms with van der Waals surface area (Å²) in [5, 5.41) is 6.64. The van der Waals surface area contributed by atoms with E-state index in [0.29, 0.717) is 12.2 Å². The normalized spacial score (nSPS) is 11.0. The van der Waals surface area contributed by atoms with Crippen molar-refractivity contribution in [3.8, 4) is 10.6 Å². The number of carbonyl (C=O) groups excluding carboxylic acids is 1. The fourth-order valence-electron chi connectivity index (χ4n) is 3.01. The quantitative estimate of drug-likeness (QED) is 0.561. The SMILES string of the molecule is CCn1cc(-c2nc(C(=O)NCc3ccc(C)cc3)cs2)c2cccnc21. The lowest BCUT2D eigenvalue weighted by Gasteiger charge is -2.03. The molecular formula is C21H20N4OS. The third-order valence-corrected chi connectivity index (χ3v) is 5.39. The molecule has 0 bridgehead atoms. The molecule has 3 heterocycles. The first-order valence-corrected chi connectivity index (χ1v) is 9.77. The highest BCUT2D eigenvalue weighted by Crippen LogP contribution is 2.31. The monoisotopic (exact) mass is 376 g/mol. The number of hydrogen-bond acceptors (Lipinski definition) is 4. The van der Waals surface area contributed by atoms with E-state index >= 15 is 0 Å². The Bertz CT molecular complexity index is 1100. The molecule has 0 saturated carbocycles. The summed E-state index contributed by atoms with van der Waals surface area (Å²) in [4.78, 5) is 21.5. The number of rotatable bonds is 5. The van der Waals surface area contributed by atoms with Crippen molar-refractivity contribution in [3.05, 3.63) is 71.0 Å². The van der Waals surface area contributed by atoms with Crippen LogP contribution in [0.5, 0.6) is 0 Å². The Morgan fingerprint density at radius 3 is 2.81 bits per heavy atom. The van der Waals surface area contributed by atoms with Crippen molar-refractivity contribution in [1.29, 1.82) is 0 Å². The minimum Gasteiger partial charge on any atom is -0.347 e. The van der Waals surface area contributed by atoms with Gasteiger partial charge in [-0.25, -0.2) is 9.97 Å². The predicted octanol–water partition coefficient (Wildman–Crippen LogP) is 4.42. The number of nitrogens with one attached hydrogen (secondary N) is 1. The van der Waals surface area contributed by atoms with Gasteiger partial charge in [-0.15, -0.1) is 11.3 Å². The van der Waals surface area contributed by atoms with Crippen LogP contribution in [0.4, 0.5) is 0 Å². The summed E-state index contributed by atoms with van der Waals surface area (Å²) in [5.41, 5.74) is 4.68. The van der Waals surface area contributed by atoms with Crippen LogP contribution in [0.25, 0.3) is 21.6 Å². The second kappa shape index (κ2) is 7.32. The van der Waals surface area contributed by atoms with Crippen LogP contribution in [-0.2, 0) is 13.1 Å². The molecule has 3 aromatic heterocycles. The van der Waals surface area contributed by atoms with E-state index < -0.39 is 0 Å². The fraction of sp³-hybridized carbons (Fsp3) is 0.190. The van der Waals surface area contributed by atoms with Crippen LogP contribution in [0.1, 0.15) is 28.5 Å². The predicted molar refractivity (Wildman–Crippen MR) is 109 cm³/mol. The molecule has 0 fully saturated rings. The van der Waals surface area contributed by atoms with Gasteiger partial charge in [0.15, 0.2) is 0 Å². The second-order valence-electron chi connectivity index (χ2n) is 6.41. The minimum atomic E-state index is -0.157. The standard InChI is InChI=1S/C21H20N4OS/c1-3-25-12-17(16-5-4-10-22-19(16)25)21-24-18(13-27-21)20(26)23-11-15-8-6-14(2)7-9-15/h4-10,12-13H,3,11H2,1-2H3,(H,23,26). The third kappa shape index (κ3) is 3.48. The van der Waals surface area contributed by atoms with Crippen molar-refractivity contribution in [2.45, 2.75) is 26.9 Å². The van der Waals surface area contributed by atoms with Crippen LogP contribution < -0.4 is 5.32 Å². The topological polar surface area (TPSA) is 59.8 Å². The smallest absolute Gasteiger partial charge is 0.271 e. The van der Waals surface area contributed by atoms with Crippen LogP contribution in [0.3, 0.4) is 0 Å². The summed E-state index contributed by atoms with van der Waals surface area (Å²) in [6, 6.07) is 12.1. The Balaban J connectivity index is 1.55. The molecule has 5 nitrogen and oxygen atoms in total. The van der Waals surface area contributed by atoms with Gasteiger partial charge in [-0.3, -0.25) is 4.79 Å². The van der Waals surface area contributed by atoms with Gasteiger partial charge >= 0.3 is 0 Å². The zero-order valence-electron chi connectivity index (χ0n) is 15.3. The molecule has 27 heavy (non-hydrogen) atoms. The highest BCUT2D eigenvalue weighted by Gasteiger charge is 2.16. The number of pyridine rings is 1. The molecule has 0 aliphatic heterocycles. The number of amides is 1. The first-order valence-electron chi connectivity index (χ1n) is 8.89. The number of carbonyl (C=O) groups is 1. The number of thiazole rings is 1. The summed E-state index contributed by atoms with van der Waals surface area (Å²) in [6.45, 7) is 5.46. The van der Waals surface area contributed by atoms with Gasteiger partial charge < -0.3 is 9.88 Å². The Hall–Kier alpha value is -2.99. The van der Waals surface area contributed by atoms with Crippen molar-refractivity contribution in [1.82, 2.24) is 19.9 Å². The van der Waals surface area contributed by atoms with Gasteiger partial charge in [0.25, 0.3) is 5.91 Å². The van der Waals surface area contributed by atoms with Crippen LogP contribution in [0, 0.1) is 6.92 Å². The Labute approximate surface area is 161 Å². The van der Waals surface area contributed by atoms with Gasteiger partial charge in [-0.05, 0) is 31.5 Å². The fourth-order valence-corrected chi connectivity index (χ4v) is 3.84. The second-order valence-corrected chi connectivity index (χ2v) is 7.27. The number of aryl methyl sites for hydroxylation is 2. The maximum atomic E-state index is 12.5. The van der Waals surface area contributed by atoms with E-state index in [4.69, 9.17) is 0 Å². The summed E-state index contributed by atoms with van der Waals surface area (Å²) < 4.78 is 2.10. The van der Waals surface area contributed by atoms with E-state index in [-0.39, 0.29) is 5.91 Å². The maximum Gasteiger partial charge on any atom is 0.271 e. The van der Waals surface area contributed by atoms with Crippen LogP contribution in [0.15, 0.2) is 54.2 Å². The molecule has 6 heteroatoms. The summed E-state index contributed by atoms with van der Waals surface area (Å²) in [5.74, 6) is -0.157. The van der Waals surface area contributed by atoms with E-state index in [1.807, 2.05) is 48.7 Å². The van der Waals surface area contributed by atoms with E-state index in [9.17, 15) is 4.79 Å². The average molecular weight is 376 g/mol. The lowest BCUT2D eigenvalue weighted by atomic mass is 10.1. The number of benzene rings is 1. The molecule has 0 spiro atoms. The minimum absolute atomic E-state index is 0.157. The van der Waals surface area contributed by atoms with Gasteiger partial charge in [0.2, 0.25) is 0 Å². The molecule has 0 aliphatic carbocycles. The van der Waals surface area contributed by atoms with Crippen LogP contribution in [0.2, 0.25) is 0 Å². The highest BCUT2D eigenvalue weighted by atomic mass is 32.1. The number of nitrogens with zero attached hydrogens (tertiary/aromatic N) is 3. The zero-order valence-corrected chi connectivity index (χ0v) is 16.1. The van der Waals surface area contributed by atoms with Crippen molar-refractivity contribution >= 4 is 28.3 Å². The Morgan fingerprint density at radius 2 is 2.04 bits per heavy atom. The molecule has 1 amide bonds. The van der Waals surface area contributed by atoms with E-state index in [1.165, 1.54) is 16.9 Å². The number of aromatic nitrogens is 3. The molecule has 136 valence electrons. The molecular weight excluding hydrogens is 356 g/mol. The third-order valence-electron chi connectivity index (χ3n) is 4.52. The first-order chi connectivity index (χ1) is 13.2. The number of hydrogen-bond donors (Lipinski definition) is 1. The van der Waals surface area contributed by atoms with Crippen molar-refractivity contribution in [2.75, 3.05) is 0 Å². The van der Waals surface area contributed by atoms with Gasteiger partial charge in [0, 0.05) is 41.8 Å². The molecule has 0 saturated heterocycles. The summed E-state index contributed by atoms with van der Waals surface area (Å²) >= 11 is 1.48. The average Bonchev–Trinajstić information content (AvgIpc) is 3.32. The van der Waals surface area contributed by atoms with Crippen LogP contribution >= 0.6 is 11.3 Å². The largest absolute Gasteiger partial charge is 0.347 e. The molecule has 0 unspecified atom stereocenters. The first kappa shape index (κ1) is 17.4. The van der Waals surface area contributed by atoms with Gasteiger partial charge in [-0.2, -0.15) is 0 Å². The Morgan fingerprint density at radius 1 is 1.22 bits per heavy atom. The molecule has 1 aromatic carbocycles. The maximum absolute atomic E-state index is 12.5.